The van der Waals surface area contributed by atoms with Gasteiger partial charge in [-0.25, -0.2) is 0 Å². The fraction of sp³-hybridized carbons (Fsp3) is 0.333. The minimum Gasteiger partial charge on any atom is -0.480 e. The van der Waals surface area contributed by atoms with E-state index in [9.17, 15) is 4.79 Å². The summed E-state index contributed by atoms with van der Waals surface area (Å²) in [6.45, 7) is 0. The predicted octanol–water partition coefficient (Wildman–Crippen LogP) is -0.0737. The van der Waals surface area contributed by atoms with E-state index in [1.54, 1.807) is 13.2 Å². The molecule has 6 heteroatoms. The Labute approximate surface area is 75.6 Å². The van der Waals surface area contributed by atoms with Crippen LogP contribution in [0, 0.1) is 0 Å². The van der Waals surface area contributed by atoms with Crippen molar-refractivity contribution in [1.82, 2.24) is 9.78 Å². The number of carbonyl (C=O) groups is 1. The standard InChI is InChI=1S/C6H9N3O2.ClH/c1-9-3-4(2-8-9)5(7)6(10)11;/h2-3,5H,7H2,1H3,(H,10,11);1H/t5-;/m1./s1. The van der Waals surface area contributed by atoms with Crippen LogP contribution in [0.3, 0.4) is 0 Å². The van der Waals surface area contributed by atoms with Crippen LogP contribution in [-0.2, 0) is 11.8 Å². The molecule has 0 bridgehead atoms. The summed E-state index contributed by atoms with van der Waals surface area (Å²) in [5, 5.41) is 12.3. The molecule has 5 nitrogen and oxygen atoms in total. The van der Waals surface area contributed by atoms with Crippen LogP contribution in [0.4, 0.5) is 0 Å². The molecule has 0 aliphatic carbocycles. The molecule has 0 aliphatic rings. The molecule has 0 fully saturated rings. The van der Waals surface area contributed by atoms with Crippen LogP contribution in [0.2, 0.25) is 0 Å². The summed E-state index contributed by atoms with van der Waals surface area (Å²) in [5.41, 5.74) is 5.81. The molecule has 0 aliphatic heterocycles. The lowest BCUT2D eigenvalue weighted by atomic mass is 10.2. The highest BCUT2D eigenvalue weighted by Crippen LogP contribution is 2.07. The topological polar surface area (TPSA) is 81.1 Å². The molecule has 0 unspecified atom stereocenters. The average molecular weight is 192 g/mol. The van der Waals surface area contributed by atoms with Crippen LogP contribution in [-0.4, -0.2) is 20.9 Å². The molecular formula is C6H10ClN3O2. The fourth-order valence-electron chi connectivity index (χ4n) is 0.743. The van der Waals surface area contributed by atoms with Crippen molar-refractivity contribution < 1.29 is 9.90 Å². The van der Waals surface area contributed by atoms with Gasteiger partial charge in [0.15, 0.2) is 0 Å². The first-order valence-electron chi connectivity index (χ1n) is 3.08. The first-order valence-corrected chi connectivity index (χ1v) is 3.08. The lowest BCUT2D eigenvalue weighted by molar-refractivity contribution is -0.138. The van der Waals surface area contributed by atoms with Crippen LogP contribution >= 0.6 is 12.4 Å². The second-order valence-electron chi connectivity index (χ2n) is 2.26. The SMILES string of the molecule is Cl.Cn1cc([C@@H](N)C(=O)O)cn1. The summed E-state index contributed by atoms with van der Waals surface area (Å²) in [6, 6.07) is -0.969. The second kappa shape index (κ2) is 4.08. The van der Waals surface area contributed by atoms with E-state index in [1.165, 1.54) is 10.9 Å². The Bertz CT molecular complexity index is 274. The number of aryl methyl sites for hydroxylation is 1. The predicted molar refractivity (Wildman–Crippen MR) is 45.0 cm³/mol. The van der Waals surface area contributed by atoms with Crippen molar-refractivity contribution in [2.24, 2.45) is 12.8 Å². The first kappa shape index (κ1) is 10.9. The smallest absolute Gasteiger partial charge is 0.325 e. The lowest BCUT2D eigenvalue weighted by Gasteiger charge is -2.00. The molecule has 1 rings (SSSR count). The molecule has 0 amide bonds. The lowest BCUT2D eigenvalue weighted by Crippen LogP contribution is -2.19. The molecule has 1 heterocycles. The van der Waals surface area contributed by atoms with E-state index in [1.807, 2.05) is 0 Å². The summed E-state index contributed by atoms with van der Waals surface area (Å²) in [6.07, 6.45) is 3.03. The van der Waals surface area contributed by atoms with Crippen molar-refractivity contribution in [2.45, 2.75) is 6.04 Å². The minimum atomic E-state index is -1.04. The average Bonchev–Trinajstić information content (AvgIpc) is 2.34. The van der Waals surface area contributed by atoms with Gasteiger partial charge in [-0.05, 0) is 0 Å². The third kappa shape index (κ3) is 2.21. The molecule has 0 spiro atoms. The number of hydrogen-bond donors (Lipinski definition) is 2. The van der Waals surface area contributed by atoms with Crippen molar-refractivity contribution in [3.8, 4) is 0 Å². The van der Waals surface area contributed by atoms with Gasteiger partial charge in [-0.15, -0.1) is 12.4 Å². The molecule has 0 aromatic carbocycles. The maximum Gasteiger partial charge on any atom is 0.325 e. The van der Waals surface area contributed by atoms with Crippen LogP contribution in [0.25, 0.3) is 0 Å². The summed E-state index contributed by atoms with van der Waals surface area (Å²) in [7, 11) is 1.71. The minimum absolute atomic E-state index is 0. The van der Waals surface area contributed by atoms with Crippen molar-refractivity contribution in [3.63, 3.8) is 0 Å². The number of carboxylic acid groups (broad SMARTS) is 1. The van der Waals surface area contributed by atoms with E-state index in [4.69, 9.17) is 10.8 Å². The molecule has 3 N–H and O–H groups in total. The van der Waals surface area contributed by atoms with E-state index in [-0.39, 0.29) is 12.4 Å². The fourth-order valence-corrected chi connectivity index (χ4v) is 0.743. The molecule has 1 atom stereocenters. The van der Waals surface area contributed by atoms with Gasteiger partial charge in [0.05, 0.1) is 6.20 Å². The third-order valence-electron chi connectivity index (χ3n) is 1.35. The van der Waals surface area contributed by atoms with Crippen LogP contribution < -0.4 is 5.73 Å². The molecule has 1 aromatic rings. The first-order chi connectivity index (χ1) is 5.11. The zero-order chi connectivity index (χ0) is 8.43. The Morgan fingerprint density at radius 2 is 2.42 bits per heavy atom. The van der Waals surface area contributed by atoms with Gasteiger partial charge in [-0.3, -0.25) is 9.48 Å². The highest BCUT2D eigenvalue weighted by molar-refractivity contribution is 5.85. The number of aromatic nitrogens is 2. The largest absolute Gasteiger partial charge is 0.480 e. The highest BCUT2D eigenvalue weighted by Gasteiger charge is 2.14. The Balaban J connectivity index is 0.00000121. The van der Waals surface area contributed by atoms with E-state index >= 15 is 0 Å². The molecule has 0 saturated carbocycles. The van der Waals surface area contributed by atoms with Crippen molar-refractivity contribution >= 4 is 18.4 Å². The Morgan fingerprint density at radius 1 is 1.83 bits per heavy atom. The number of hydrogen-bond acceptors (Lipinski definition) is 3. The third-order valence-corrected chi connectivity index (χ3v) is 1.35. The Kier molecular flexibility index (Phi) is 3.72. The number of carboxylic acids is 1. The van der Waals surface area contributed by atoms with E-state index in [0.717, 1.165) is 0 Å². The van der Waals surface area contributed by atoms with Crippen LogP contribution in [0.5, 0.6) is 0 Å². The zero-order valence-corrected chi connectivity index (χ0v) is 7.28. The second-order valence-corrected chi connectivity index (χ2v) is 2.26. The normalized spacial score (nSPS) is 11.8. The molecule has 0 saturated heterocycles. The van der Waals surface area contributed by atoms with Gasteiger partial charge in [0.25, 0.3) is 0 Å². The summed E-state index contributed by atoms with van der Waals surface area (Å²) in [4.78, 5) is 10.3. The van der Waals surface area contributed by atoms with Crippen molar-refractivity contribution in [1.29, 1.82) is 0 Å². The molecule has 12 heavy (non-hydrogen) atoms. The van der Waals surface area contributed by atoms with E-state index in [2.05, 4.69) is 5.10 Å². The molecule has 0 radical (unpaired) electrons. The maximum atomic E-state index is 10.3. The van der Waals surface area contributed by atoms with Gasteiger partial charge in [-0.1, -0.05) is 0 Å². The summed E-state index contributed by atoms with van der Waals surface area (Å²) < 4.78 is 1.51. The van der Waals surface area contributed by atoms with Crippen molar-refractivity contribution in [3.05, 3.63) is 18.0 Å². The highest BCUT2D eigenvalue weighted by atomic mass is 35.5. The molecular weight excluding hydrogens is 182 g/mol. The zero-order valence-electron chi connectivity index (χ0n) is 6.47. The van der Waals surface area contributed by atoms with E-state index in [0.29, 0.717) is 5.56 Å². The Morgan fingerprint density at radius 3 is 2.75 bits per heavy atom. The maximum absolute atomic E-state index is 10.3. The summed E-state index contributed by atoms with van der Waals surface area (Å²) in [5.74, 6) is -1.04. The monoisotopic (exact) mass is 191 g/mol. The van der Waals surface area contributed by atoms with Gasteiger partial charge >= 0.3 is 5.97 Å². The summed E-state index contributed by atoms with van der Waals surface area (Å²) >= 11 is 0. The number of nitrogens with zero attached hydrogens (tertiary/aromatic N) is 2. The van der Waals surface area contributed by atoms with Gasteiger partial charge in [0.2, 0.25) is 0 Å². The van der Waals surface area contributed by atoms with Crippen LogP contribution in [0.1, 0.15) is 11.6 Å². The van der Waals surface area contributed by atoms with Crippen LogP contribution in [0.15, 0.2) is 12.4 Å². The van der Waals surface area contributed by atoms with Gasteiger partial charge in [0.1, 0.15) is 6.04 Å². The van der Waals surface area contributed by atoms with E-state index < -0.39 is 12.0 Å². The van der Waals surface area contributed by atoms with Gasteiger partial charge < -0.3 is 10.8 Å². The van der Waals surface area contributed by atoms with Gasteiger partial charge in [0, 0.05) is 18.8 Å². The Hall–Kier alpha value is -1.07. The van der Waals surface area contributed by atoms with Crippen molar-refractivity contribution in [2.75, 3.05) is 0 Å². The molecule has 1 aromatic heterocycles. The van der Waals surface area contributed by atoms with Gasteiger partial charge in [-0.2, -0.15) is 5.10 Å². The number of nitrogens with two attached hydrogens (primary N) is 1. The quantitative estimate of drug-likeness (QED) is 0.686. The number of aliphatic carboxylic acids is 1. The number of halogens is 1. The number of rotatable bonds is 2. The molecule has 68 valence electrons.